The van der Waals surface area contributed by atoms with Crippen LogP contribution >= 0.6 is 0 Å². The van der Waals surface area contributed by atoms with Gasteiger partial charge in [0.05, 0.1) is 12.7 Å². The fourth-order valence-corrected chi connectivity index (χ4v) is 3.18. The molecule has 100 valence electrons. The molecule has 1 atom stereocenters. The van der Waals surface area contributed by atoms with Gasteiger partial charge in [0, 0.05) is 19.6 Å². The van der Waals surface area contributed by atoms with Crippen molar-refractivity contribution in [2.24, 2.45) is 5.92 Å². The fourth-order valence-electron chi connectivity index (χ4n) is 3.18. The van der Waals surface area contributed by atoms with Crippen LogP contribution in [0.5, 0.6) is 0 Å². The van der Waals surface area contributed by atoms with Crippen molar-refractivity contribution in [3.05, 3.63) is 0 Å². The van der Waals surface area contributed by atoms with Gasteiger partial charge in [0.25, 0.3) is 0 Å². The molecule has 0 aromatic heterocycles. The second-order valence-corrected chi connectivity index (χ2v) is 5.64. The van der Waals surface area contributed by atoms with Gasteiger partial charge in [0.2, 0.25) is 0 Å². The number of nitrogens with one attached hydrogen (secondary N) is 1. The summed E-state index contributed by atoms with van der Waals surface area (Å²) in [4.78, 5) is 2.60. The Morgan fingerprint density at radius 2 is 2.06 bits per heavy atom. The Kier molecular flexibility index (Phi) is 5.75. The van der Waals surface area contributed by atoms with Crippen molar-refractivity contribution in [2.75, 3.05) is 39.8 Å². The average Bonchev–Trinajstić information content (AvgIpc) is 2.39. The summed E-state index contributed by atoms with van der Waals surface area (Å²) in [5, 5.41) is 3.21. The van der Waals surface area contributed by atoms with Crippen molar-refractivity contribution in [3.8, 4) is 0 Å². The molecule has 1 aliphatic carbocycles. The van der Waals surface area contributed by atoms with Gasteiger partial charge < -0.3 is 10.1 Å². The summed E-state index contributed by atoms with van der Waals surface area (Å²) >= 11 is 0. The van der Waals surface area contributed by atoms with Crippen LogP contribution in [0.3, 0.4) is 0 Å². The summed E-state index contributed by atoms with van der Waals surface area (Å²) in [5.41, 5.74) is 0. The van der Waals surface area contributed by atoms with Crippen LogP contribution in [-0.4, -0.2) is 50.8 Å². The van der Waals surface area contributed by atoms with Gasteiger partial charge in [-0.2, -0.15) is 0 Å². The lowest BCUT2D eigenvalue weighted by Crippen LogP contribution is -2.46. The minimum Gasteiger partial charge on any atom is -0.374 e. The zero-order valence-corrected chi connectivity index (χ0v) is 11.3. The van der Waals surface area contributed by atoms with Gasteiger partial charge in [-0.25, -0.2) is 0 Å². The van der Waals surface area contributed by atoms with E-state index in [4.69, 9.17) is 4.74 Å². The van der Waals surface area contributed by atoms with Crippen molar-refractivity contribution in [1.29, 1.82) is 0 Å². The highest BCUT2D eigenvalue weighted by molar-refractivity contribution is 4.74. The molecule has 2 rings (SSSR count). The largest absolute Gasteiger partial charge is 0.374 e. The summed E-state index contributed by atoms with van der Waals surface area (Å²) in [6, 6.07) is 0. The third kappa shape index (κ3) is 4.57. The predicted octanol–water partition coefficient (Wildman–Crippen LogP) is 1.88. The van der Waals surface area contributed by atoms with Gasteiger partial charge in [-0.3, -0.25) is 4.90 Å². The summed E-state index contributed by atoms with van der Waals surface area (Å²) in [7, 11) is 2.00. The highest BCUT2D eigenvalue weighted by Crippen LogP contribution is 2.26. The van der Waals surface area contributed by atoms with Gasteiger partial charge in [0.1, 0.15) is 0 Å². The van der Waals surface area contributed by atoms with E-state index in [2.05, 4.69) is 10.2 Å². The van der Waals surface area contributed by atoms with Crippen LogP contribution < -0.4 is 5.32 Å². The minimum atomic E-state index is 0.403. The van der Waals surface area contributed by atoms with Crippen LogP contribution in [0.25, 0.3) is 0 Å². The van der Waals surface area contributed by atoms with Gasteiger partial charge >= 0.3 is 0 Å². The summed E-state index contributed by atoms with van der Waals surface area (Å²) in [6.45, 7) is 5.44. The molecule has 2 fully saturated rings. The van der Waals surface area contributed by atoms with E-state index in [1.165, 1.54) is 45.1 Å². The maximum atomic E-state index is 5.74. The normalized spacial score (nSPS) is 28.4. The third-order valence-corrected chi connectivity index (χ3v) is 4.23. The molecule has 0 spiro atoms. The molecule has 0 radical (unpaired) electrons. The Bertz CT molecular complexity index is 202. The SMILES string of the molecule is CNCC1CN(CCC2CCCCC2)CCO1. The Labute approximate surface area is 106 Å². The Hall–Kier alpha value is -0.120. The van der Waals surface area contributed by atoms with E-state index in [1.54, 1.807) is 0 Å². The molecular formula is C14H28N2O. The van der Waals surface area contributed by atoms with E-state index in [-0.39, 0.29) is 0 Å². The number of hydrogen-bond donors (Lipinski definition) is 1. The smallest absolute Gasteiger partial charge is 0.0826 e. The first kappa shape index (κ1) is 13.3. The molecule has 1 N–H and O–H groups in total. The molecule has 0 aromatic carbocycles. The van der Waals surface area contributed by atoms with E-state index in [0.717, 1.165) is 32.2 Å². The van der Waals surface area contributed by atoms with Gasteiger partial charge in [-0.05, 0) is 25.9 Å². The maximum absolute atomic E-state index is 5.74. The van der Waals surface area contributed by atoms with Crippen molar-refractivity contribution < 1.29 is 4.74 Å². The van der Waals surface area contributed by atoms with Gasteiger partial charge in [0.15, 0.2) is 0 Å². The average molecular weight is 240 g/mol. The molecule has 0 amide bonds. The Morgan fingerprint density at radius 1 is 1.24 bits per heavy atom. The Balaban J connectivity index is 1.64. The maximum Gasteiger partial charge on any atom is 0.0826 e. The molecule has 1 heterocycles. The van der Waals surface area contributed by atoms with Crippen LogP contribution in [0.4, 0.5) is 0 Å². The van der Waals surface area contributed by atoms with E-state index in [0.29, 0.717) is 6.10 Å². The number of rotatable bonds is 5. The quantitative estimate of drug-likeness (QED) is 0.794. The van der Waals surface area contributed by atoms with Gasteiger partial charge in [-0.15, -0.1) is 0 Å². The minimum absolute atomic E-state index is 0.403. The first-order valence-electron chi connectivity index (χ1n) is 7.37. The topological polar surface area (TPSA) is 24.5 Å². The van der Waals surface area contributed by atoms with Crippen LogP contribution in [0.2, 0.25) is 0 Å². The molecule has 3 heteroatoms. The number of morpholine rings is 1. The van der Waals surface area contributed by atoms with Crippen molar-refractivity contribution in [2.45, 2.75) is 44.6 Å². The summed E-state index contributed by atoms with van der Waals surface area (Å²) in [5.74, 6) is 1.01. The number of ether oxygens (including phenoxy) is 1. The zero-order chi connectivity index (χ0) is 11.9. The summed E-state index contributed by atoms with van der Waals surface area (Å²) < 4.78 is 5.74. The molecule has 1 saturated carbocycles. The molecule has 1 unspecified atom stereocenters. The first-order valence-corrected chi connectivity index (χ1v) is 7.37. The molecule has 17 heavy (non-hydrogen) atoms. The number of nitrogens with zero attached hydrogens (tertiary/aromatic N) is 1. The van der Waals surface area contributed by atoms with Crippen LogP contribution in [-0.2, 0) is 4.74 Å². The summed E-state index contributed by atoms with van der Waals surface area (Å²) in [6.07, 6.45) is 9.17. The molecule has 1 aliphatic heterocycles. The molecule has 0 aromatic rings. The second kappa shape index (κ2) is 7.34. The Morgan fingerprint density at radius 3 is 2.82 bits per heavy atom. The molecule has 1 saturated heterocycles. The van der Waals surface area contributed by atoms with Crippen molar-refractivity contribution >= 4 is 0 Å². The predicted molar refractivity (Wildman–Crippen MR) is 71.3 cm³/mol. The van der Waals surface area contributed by atoms with Crippen molar-refractivity contribution in [3.63, 3.8) is 0 Å². The lowest BCUT2D eigenvalue weighted by molar-refractivity contribution is -0.0280. The van der Waals surface area contributed by atoms with E-state index < -0.39 is 0 Å². The fraction of sp³-hybridized carbons (Fsp3) is 1.00. The molecule has 2 aliphatic rings. The van der Waals surface area contributed by atoms with Crippen LogP contribution in [0.15, 0.2) is 0 Å². The van der Waals surface area contributed by atoms with Crippen LogP contribution in [0, 0.1) is 5.92 Å². The standard InChI is InChI=1S/C14H28N2O/c1-15-11-14-12-16(9-10-17-14)8-7-13-5-3-2-4-6-13/h13-15H,2-12H2,1H3. The van der Waals surface area contributed by atoms with Crippen molar-refractivity contribution in [1.82, 2.24) is 10.2 Å². The van der Waals surface area contributed by atoms with E-state index in [9.17, 15) is 0 Å². The molecular weight excluding hydrogens is 212 g/mol. The number of likely N-dealkylation sites (N-methyl/N-ethyl adjacent to an activating group) is 1. The zero-order valence-electron chi connectivity index (χ0n) is 11.3. The van der Waals surface area contributed by atoms with Gasteiger partial charge in [-0.1, -0.05) is 32.1 Å². The van der Waals surface area contributed by atoms with E-state index in [1.807, 2.05) is 7.05 Å². The third-order valence-electron chi connectivity index (χ3n) is 4.23. The highest BCUT2D eigenvalue weighted by Gasteiger charge is 2.21. The number of hydrogen-bond acceptors (Lipinski definition) is 3. The van der Waals surface area contributed by atoms with Crippen LogP contribution in [0.1, 0.15) is 38.5 Å². The molecule has 3 nitrogen and oxygen atoms in total. The second-order valence-electron chi connectivity index (χ2n) is 5.64. The lowest BCUT2D eigenvalue weighted by Gasteiger charge is -2.34. The first-order chi connectivity index (χ1) is 8.38. The highest BCUT2D eigenvalue weighted by atomic mass is 16.5. The molecule has 0 bridgehead atoms. The monoisotopic (exact) mass is 240 g/mol. The van der Waals surface area contributed by atoms with E-state index >= 15 is 0 Å². The lowest BCUT2D eigenvalue weighted by atomic mass is 9.87.